The molecule has 0 radical (unpaired) electrons. The molecule has 0 bridgehead atoms. The Kier molecular flexibility index (Phi) is 2.96. The van der Waals surface area contributed by atoms with E-state index in [9.17, 15) is 0 Å². The first-order valence-corrected chi connectivity index (χ1v) is 6.97. The highest BCUT2D eigenvalue weighted by Gasteiger charge is 2.27. The van der Waals surface area contributed by atoms with Crippen LogP contribution in [0.25, 0.3) is 0 Å². The van der Waals surface area contributed by atoms with Gasteiger partial charge in [-0.1, -0.05) is 0 Å². The Bertz CT molecular complexity index is 371. The summed E-state index contributed by atoms with van der Waals surface area (Å²) >= 11 is 1.91. The minimum Gasteiger partial charge on any atom is -0.381 e. The molecule has 3 nitrogen and oxygen atoms in total. The van der Waals surface area contributed by atoms with E-state index in [1.165, 1.54) is 34.8 Å². The molecule has 2 N–H and O–H groups in total. The van der Waals surface area contributed by atoms with E-state index in [1.54, 1.807) is 0 Å². The summed E-state index contributed by atoms with van der Waals surface area (Å²) in [6.07, 6.45) is 4.84. The zero-order chi connectivity index (χ0) is 11.0. The van der Waals surface area contributed by atoms with E-state index in [-0.39, 0.29) is 0 Å². The predicted molar refractivity (Wildman–Crippen MR) is 65.0 cm³/mol. The molecule has 1 aliphatic carbocycles. The number of aryl methyl sites for hydroxylation is 1. The van der Waals surface area contributed by atoms with E-state index < -0.39 is 0 Å². The molecule has 4 heteroatoms. The number of thiazole rings is 1. The predicted octanol–water partition coefficient (Wildman–Crippen LogP) is 2.03. The van der Waals surface area contributed by atoms with Gasteiger partial charge in [-0.3, -0.25) is 0 Å². The highest BCUT2D eigenvalue weighted by atomic mass is 32.1. The van der Waals surface area contributed by atoms with E-state index >= 15 is 0 Å². The fraction of sp³-hybridized carbons (Fsp3) is 0.750. The van der Waals surface area contributed by atoms with Crippen LogP contribution in [0.4, 0.5) is 0 Å². The lowest BCUT2D eigenvalue weighted by Crippen LogP contribution is -2.17. The first-order chi connectivity index (χ1) is 7.88. The van der Waals surface area contributed by atoms with Crippen LogP contribution in [-0.2, 0) is 11.2 Å². The molecule has 88 valence electrons. The van der Waals surface area contributed by atoms with E-state index in [2.05, 4.69) is 0 Å². The van der Waals surface area contributed by atoms with Gasteiger partial charge in [0.1, 0.15) is 0 Å². The molecule has 2 heterocycles. The summed E-state index contributed by atoms with van der Waals surface area (Å²) in [5, 5.41) is 1.29. The monoisotopic (exact) mass is 238 g/mol. The summed E-state index contributed by atoms with van der Waals surface area (Å²) in [5.41, 5.74) is 7.13. The first-order valence-electron chi connectivity index (χ1n) is 6.15. The van der Waals surface area contributed by atoms with Crippen LogP contribution in [0.2, 0.25) is 0 Å². The van der Waals surface area contributed by atoms with Gasteiger partial charge in [0.05, 0.1) is 17.3 Å². The molecular formula is C12H18N2OS. The number of fused-ring (bicyclic) bond motifs is 1. The third-order valence-corrected chi connectivity index (χ3v) is 4.94. The lowest BCUT2D eigenvalue weighted by atomic mass is 9.91. The lowest BCUT2D eigenvalue weighted by molar-refractivity contribution is 0.194. The number of ether oxygens (including phenoxy) is 1. The van der Waals surface area contributed by atoms with Crippen LogP contribution < -0.4 is 5.73 Å². The number of hydrogen-bond acceptors (Lipinski definition) is 4. The Labute approximate surface area is 100 Å². The summed E-state index contributed by atoms with van der Waals surface area (Å²) in [5.74, 6) is 1.06. The molecule has 1 aromatic heterocycles. The molecule has 1 fully saturated rings. The average molecular weight is 238 g/mol. The van der Waals surface area contributed by atoms with E-state index in [4.69, 9.17) is 15.5 Å². The van der Waals surface area contributed by atoms with Gasteiger partial charge in [-0.2, -0.15) is 0 Å². The van der Waals surface area contributed by atoms with Crippen molar-refractivity contribution in [3.63, 3.8) is 0 Å². The molecule has 0 spiro atoms. The molecule has 0 saturated carbocycles. The van der Waals surface area contributed by atoms with Gasteiger partial charge in [0.15, 0.2) is 0 Å². The molecule has 1 aromatic rings. The van der Waals surface area contributed by atoms with Crippen LogP contribution >= 0.6 is 11.3 Å². The van der Waals surface area contributed by atoms with Crippen LogP contribution in [0.5, 0.6) is 0 Å². The Balaban J connectivity index is 1.89. The smallest absolute Gasteiger partial charge is 0.0986 e. The van der Waals surface area contributed by atoms with Crippen molar-refractivity contribution < 1.29 is 4.74 Å². The van der Waals surface area contributed by atoms with Crippen molar-refractivity contribution in [3.05, 3.63) is 15.6 Å². The van der Waals surface area contributed by atoms with E-state index in [0.717, 1.165) is 26.2 Å². The standard InChI is InChI=1S/C12H18N2OS/c13-6-8-2-1-3-10-11(8)14-12(16-10)9-4-5-15-7-9/h8-9H,1-7,13H2. The second kappa shape index (κ2) is 4.43. The second-order valence-corrected chi connectivity index (χ2v) is 5.86. The summed E-state index contributed by atoms with van der Waals surface area (Å²) in [6.45, 7) is 2.51. The van der Waals surface area contributed by atoms with Crippen LogP contribution in [0.3, 0.4) is 0 Å². The number of nitrogens with zero attached hydrogens (tertiary/aromatic N) is 1. The third-order valence-electron chi connectivity index (χ3n) is 3.65. The van der Waals surface area contributed by atoms with Crippen molar-refractivity contribution in [3.8, 4) is 0 Å². The Morgan fingerprint density at radius 1 is 1.44 bits per heavy atom. The minimum absolute atomic E-state index is 0.510. The summed E-state index contributed by atoms with van der Waals surface area (Å²) in [6, 6.07) is 0. The molecule has 1 saturated heterocycles. The van der Waals surface area contributed by atoms with Gasteiger partial charge in [0.25, 0.3) is 0 Å². The molecule has 3 rings (SSSR count). The maximum Gasteiger partial charge on any atom is 0.0986 e. The zero-order valence-electron chi connectivity index (χ0n) is 9.45. The van der Waals surface area contributed by atoms with Crippen molar-refractivity contribution in [2.75, 3.05) is 19.8 Å². The third kappa shape index (κ3) is 1.79. The van der Waals surface area contributed by atoms with Crippen molar-refractivity contribution >= 4 is 11.3 Å². The van der Waals surface area contributed by atoms with Gasteiger partial charge in [-0.25, -0.2) is 4.98 Å². The largest absolute Gasteiger partial charge is 0.381 e. The van der Waals surface area contributed by atoms with Gasteiger partial charge < -0.3 is 10.5 Å². The molecule has 2 atom stereocenters. The SMILES string of the molecule is NCC1CCCc2sc(C3CCOC3)nc21. The fourth-order valence-electron chi connectivity index (χ4n) is 2.66. The maximum atomic E-state index is 5.82. The van der Waals surface area contributed by atoms with Crippen molar-refractivity contribution in [2.45, 2.75) is 37.5 Å². The molecule has 16 heavy (non-hydrogen) atoms. The van der Waals surface area contributed by atoms with Crippen molar-refractivity contribution in [1.29, 1.82) is 0 Å². The quantitative estimate of drug-likeness (QED) is 0.857. The van der Waals surface area contributed by atoms with Crippen LogP contribution in [-0.4, -0.2) is 24.7 Å². The minimum atomic E-state index is 0.510. The maximum absolute atomic E-state index is 5.82. The van der Waals surface area contributed by atoms with Crippen molar-refractivity contribution in [2.24, 2.45) is 5.73 Å². The Hall–Kier alpha value is -0.450. The second-order valence-electron chi connectivity index (χ2n) is 4.75. The average Bonchev–Trinajstić information content (AvgIpc) is 2.96. The number of hydrogen-bond donors (Lipinski definition) is 1. The molecular weight excluding hydrogens is 220 g/mol. The van der Waals surface area contributed by atoms with Crippen LogP contribution in [0, 0.1) is 0 Å². The fourth-order valence-corrected chi connectivity index (χ4v) is 3.97. The summed E-state index contributed by atoms with van der Waals surface area (Å²) < 4.78 is 5.44. The van der Waals surface area contributed by atoms with Gasteiger partial charge >= 0.3 is 0 Å². The van der Waals surface area contributed by atoms with Gasteiger partial charge in [-0.05, 0) is 25.7 Å². The van der Waals surface area contributed by atoms with Crippen LogP contribution in [0.1, 0.15) is 46.7 Å². The number of aromatic nitrogens is 1. The highest BCUT2D eigenvalue weighted by molar-refractivity contribution is 7.11. The molecule has 1 aliphatic heterocycles. The lowest BCUT2D eigenvalue weighted by Gasteiger charge is -2.18. The highest BCUT2D eigenvalue weighted by Crippen LogP contribution is 2.38. The molecule has 2 unspecified atom stereocenters. The van der Waals surface area contributed by atoms with Gasteiger partial charge in [0.2, 0.25) is 0 Å². The first kappa shape index (κ1) is 10.7. The number of nitrogens with two attached hydrogens (primary N) is 1. The van der Waals surface area contributed by atoms with Gasteiger partial charge in [0, 0.05) is 29.9 Å². The summed E-state index contributed by atoms with van der Waals surface area (Å²) in [7, 11) is 0. The normalized spacial score (nSPS) is 29.3. The van der Waals surface area contributed by atoms with Crippen molar-refractivity contribution in [1.82, 2.24) is 4.98 Å². The molecule has 2 aliphatic rings. The molecule has 0 amide bonds. The number of rotatable bonds is 2. The Morgan fingerprint density at radius 2 is 2.38 bits per heavy atom. The van der Waals surface area contributed by atoms with E-state index in [0.29, 0.717) is 11.8 Å². The van der Waals surface area contributed by atoms with Crippen LogP contribution in [0.15, 0.2) is 0 Å². The zero-order valence-corrected chi connectivity index (χ0v) is 10.3. The topological polar surface area (TPSA) is 48.1 Å². The summed E-state index contributed by atoms with van der Waals surface area (Å²) in [4.78, 5) is 6.33. The molecule has 0 aromatic carbocycles. The van der Waals surface area contributed by atoms with E-state index in [1.807, 2.05) is 11.3 Å². The Morgan fingerprint density at radius 3 is 3.12 bits per heavy atom. The van der Waals surface area contributed by atoms with Gasteiger partial charge in [-0.15, -0.1) is 11.3 Å².